The molecular weight excluding hydrogens is 436 g/mol. The van der Waals surface area contributed by atoms with Gasteiger partial charge < -0.3 is 9.47 Å². The van der Waals surface area contributed by atoms with Crippen molar-refractivity contribution in [1.82, 2.24) is 0 Å². The summed E-state index contributed by atoms with van der Waals surface area (Å²) >= 11 is 0. The Balaban J connectivity index is 1.45. The number of Topliss-reactive ketones (excluding diaryl/α,β-unsaturated/α-hetero) is 1. The minimum atomic E-state index is -0.635. The molecule has 5 rings (SSSR count). The van der Waals surface area contributed by atoms with Crippen molar-refractivity contribution in [3.05, 3.63) is 0 Å². The van der Waals surface area contributed by atoms with Crippen molar-refractivity contribution in [3.8, 4) is 0 Å². The molecule has 0 radical (unpaired) electrons. The van der Waals surface area contributed by atoms with E-state index < -0.39 is 5.92 Å². The predicted molar refractivity (Wildman–Crippen MR) is 138 cm³/mol. The Bertz CT molecular complexity index is 896. The number of hydrogen-bond donors (Lipinski definition) is 0. The summed E-state index contributed by atoms with van der Waals surface area (Å²) in [6.45, 7) is 16.8. The van der Waals surface area contributed by atoms with Crippen LogP contribution < -0.4 is 0 Å². The molecule has 5 fully saturated rings. The second-order valence-corrected chi connectivity index (χ2v) is 14.5. The molecule has 0 spiro atoms. The van der Waals surface area contributed by atoms with Crippen molar-refractivity contribution in [3.63, 3.8) is 0 Å². The first-order valence-electron chi connectivity index (χ1n) is 14.7. The molecule has 0 aromatic rings. The van der Waals surface area contributed by atoms with Crippen LogP contribution in [-0.4, -0.2) is 30.1 Å². The van der Waals surface area contributed by atoms with E-state index in [9.17, 15) is 9.59 Å². The lowest BCUT2D eigenvalue weighted by molar-refractivity contribution is -0.165. The Labute approximate surface area is 213 Å². The van der Waals surface area contributed by atoms with E-state index in [2.05, 4.69) is 48.5 Å². The van der Waals surface area contributed by atoms with Gasteiger partial charge in [0.05, 0.1) is 7.11 Å². The van der Waals surface area contributed by atoms with E-state index in [1.807, 2.05) is 0 Å². The van der Waals surface area contributed by atoms with Crippen LogP contribution in [0, 0.1) is 51.8 Å². The summed E-state index contributed by atoms with van der Waals surface area (Å²) in [4.78, 5) is 25.9. The van der Waals surface area contributed by atoms with Gasteiger partial charge in [-0.05, 0) is 74.0 Å². The molecule has 0 aromatic carbocycles. The van der Waals surface area contributed by atoms with E-state index in [1.165, 1.54) is 45.6 Å². The van der Waals surface area contributed by atoms with Gasteiger partial charge in [-0.1, -0.05) is 67.7 Å². The fraction of sp³-hybridized carbons (Fsp3) is 0.935. The fourth-order valence-corrected chi connectivity index (χ4v) is 10.9. The molecule has 0 bridgehead atoms. The average molecular weight is 487 g/mol. The second kappa shape index (κ2) is 8.05. The number of carbonyl (C=O) groups is 2. The van der Waals surface area contributed by atoms with E-state index in [4.69, 9.17) is 9.47 Å². The highest BCUT2D eigenvalue weighted by Gasteiger charge is 2.90. The zero-order valence-corrected chi connectivity index (χ0v) is 23.7. The summed E-state index contributed by atoms with van der Waals surface area (Å²) in [5, 5.41) is 0. The minimum Gasteiger partial charge on any atom is -0.468 e. The molecule has 4 aliphatic carbocycles. The molecule has 1 aliphatic heterocycles. The Morgan fingerprint density at radius 2 is 1.71 bits per heavy atom. The van der Waals surface area contributed by atoms with Crippen molar-refractivity contribution in [2.45, 2.75) is 124 Å². The fourth-order valence-electron chi connectivity index (χ4n) is 10.9. The quantitative estimate of drug-likeness (QED) is 0.231. The summed E-state index contributed by atoms with van der Waals surface area (Å²) in [5.41, 5.74) is 0.0301. The Kier molecular flexibility index (Phi) is 5.92. The summed E-state index contributed by atoms with van der Waals surface area (Å²) in [6.07, 6.45) is 11.6. The predicted octanol–water partition coefficient (Wildman–Crippen LogP) is 6.99. The largest absolute Gasteiger partial charge is 0.468 e. The third-order valence-electron chi connectivity index (χ3n) is 13.1. The van der Waals surface area contributed by atoms with Crippen LogP contribution in [0.3, 0.4) is 0 Å². The van der Waals surface area contributed by atoms with Gasteiger partial charge in [0.2, 0.25) is 0 Å². The van der Waals surface area contributed by atoms with Crippen molar-refractivity contribution in [2.75, 3.05) is 7.11 Å². The first-order valence-corrected chi connectivity index (χ1v) is 14.7. The number of fused-ring (bicyclic) bond motifs is 2. The molecule has 0 N–H and O–H groups in total. The molecule has 4 nitrogen and oxygen atoms in total. The zero-order chi connectivity index (χ0) is 25.6. The van der Waals surface area contributed by atoms with Gasteiger partial charge in [0.1, 0.15) is 22.9 Å². The molecule has 4 saturated carbocycles. The topological polar surface area (TPSA) is 55.9 Å². The summed E-state index contributed by atoms with van der Waals surface area (Å²) in [6, 6.07) is 0. The summed E-state index contributed by atoms with van der Waals surface area (Å²) < 4.78 is 12.3. The average Bonchev–Trinajstić information content (AvgIpc) is 3.44. The molecule has 10 atom stereocenters. The van der Waals surface area contributed by atoms with Gasteiger partial charge in [0.15, 0.2) is 0 Å². The van der Waals surface area contributed by atoms with E-state index in [1.54, 1.807) is 0 Å². The van der Waals surface area contributed by atoms with Crippen LogP contribution in [0.4, 0.5) is 0 Å². The molecule has 198 valence electrons. The smallest absolute Gasteiger partial charge is 0.316 e. The second-order valence-electron chi connectivity index (χ2n) is 14.5. The standard InChI is InChI=1S/C31H50O4/c1-19(2)10-9-11-20(3)23-12-14-29(7)27(23,5)16-17-30-28(6)18-22(26(33)34-8)25(32)21(4)24(28)13-15-31(29,30)35-30/h19-24H,9-18H2,1-8H3/t20-,21+,22-,23-,24+,27-,28+,29-,30+,31+/m1/s1. The lowest BCUT2D eigenvalue weighted by Gasteiger charge is -2.61. The van der Waals surface area contributed by atoms with Crippen LogP contribution in [0.5, 0.6) is 0 Å². The van der Waals surface area contributed by atoms with Crippen LogP contribution in [0.2, 0.25) is 0 Å². The lowest BCUT2D eigenvalue weighted by atomic mass is 9.39. The van der Waals surface area contributed by atoms with Gasteiger partial charge in [0.25, 0.3) is 0 Å². The maximum atomic E-state index is 13.2. The van der Waals surface area contributed by atoms with Crippen molar-refractivity contribution < 1.29 is 19.1 Å². The highest BCUT2D eigenvalue weighted by atomic mass is 16.6. The maximum Gasteiger partial charge on any atom is 0.316 e. The number of epoxide rings is 1. The minimum absolute atomic E-state index is 0.0897. The van der Waals surface area contributed by atoms with Crippen LogP contribution in [0.15, 0.2) is 0 Å². The number of esters is 1. The van der Waals surface area contributed by atoms with Crippen LogP contribution in [0.1, 0.15) is 113 Å². The Hall–Kier alpha value is -0.900. The molecule has 0 aromatic heterocycles. The highest BCUT2D eigenvalue weighted by molar-refractivity contribution is 6.01. The van der Waals surface area contributed by atoms with Crippen molar-refractivity contribution in [2.24, 2.45) is 51.8 Å². The molecule has 4 heteroatoms. The molecular formula is C31H50O4. The lowest BCUT2D eigenvalue weighted by Crippen LogP contribution is -2.65. The van der Waals surface area contributed by atoms with Gasteiger partial charge in [-0.15, -0.1) is 0 Å². The Morgan fingerprint density at radius 1 is 1.00 bits per heavy atom. The summed E-state index contributed by atoms with van der Waals surface area (Å²) in [7, 11) is 1.42. The molecule has 1 heterocycles. The third kappa shape index (κ3) is 3.01. The number of rotatable bonds is 6. The molecule has 35 heavy (non-hydrogen) atoms. The van der Waals surface area contributed by atoms with Crippen LogP contribution in [0.25, 0.3) is 0 Å². The SMILES string of the molecule is COC(=O)[C@@H]1C[C@@]2(C)[C@@H](CC[C@@]34O[C@]32CC[C@]2(C)[C@@H]([C@H](C)CCCC(C)C)CC[C@@]42C)[C@H](C)C1=O. The normalized spacial score (nSPS) is 51.2. The molecule has 5 aliphatic rings. The van der Waals surface area contributed by atoms with Gasteiger partial charge in [-0.25, -0.2) is 0 Å². The number of ketones is 1. The van der Waals surface area contributed by atoms with Gasteiger partial charge in [-0.3, -0.25) is 9.59 Å². The monoisotopic (exact) mass is 486 g/mol. The van der Waals surface area contributed by atoms with Gasteiger partial charge in [-0.2, -0.15) is 0 Å². The van der Waals surface area contributed by atoms with E-state index in [0.717, 1.165) is 37.0 Å². The Morgan fingerprint density at radius 3 is 2.37 bits per heavy atom. The van der Waals surface area contributed by atoms with Gasteiger partial charge in [0, 0.05) is 16.7 Å². The number of ether oxygens (including phenoxy) is 2. The number of hydrogen-bond acceptors (Lipinski definition) is 4. The van der Waals surface area contributed by atoms with Crippen LogP contribution in [-0.2, 0) is 19.1 Å². The van der Waals surface area contributed by atoms with E-state index >= 15 is 0 Å². The van der Waals surface area contributed by atoms with Gasteiger partial charge >= 0.3 is 5.97 Å². The maximum absolute atomic E-state index is 13.2. The summed E-state index contributed by atoms with van der Waals surface area (Å²) in [5.74, 6) is 1.60. The zero-order valence-electron chi connectivity index (χ0n) is 23.7. The molecule has 1 saturated heterocycles. The highest BCUT2D eigenvalue weighted by Crippen LogP contribution is 2.85. The van der Waals surface area contributed by atoms with E-state index in [0.29, 0.717) is 17.8 Å². The number of methoxy groups -OCH3 is 1. The molecule has 0 unspecified atom stereocenters. The van der Waals surface area contributed by atoms with E-state index in [-0.39, 0.29) is 39.7 Å². The first-order chi connectivity index (χ1) is 16.3. The molecule has 0 amide bonds. The van der Waals surface area contributed by atoms with Crippen LogP contribution >= 0.6 is 0 Å². The van der Waals surface area contributed by atoms with Crippen molar-refractivity contribution in [1.29, 1.82) is 0 Å². The third-order valence-corrected chi connectivity index (χ3v) is 13.1. The number of carbonyl (C=O) groups excluding carboxylic acids is 2. The van der Waals surface area contributed by atoms with Crippen molar-refractivity contribution >= 4 is 11.8 Å². The first kappa shape index (κ1) is 25.7.